The van der Waals surface area contributed by atoms with Gasteiger partial charge in [-0.15, -0.1) is 0 Å². The van der Waals surface area contributed by atoms with Crippen molar-refractivity contribution in [3.05, 3.63) is 29.3 Å². The third-order valence-corrected chi connectivity index (χ3v) is 3.70. The molecule has 0 saturated heterocycles. The van der Waals surface area contributed by atoms with Gasteiger partial charge in [0.25, 0.3) is 0 Å². The van der Waals surface area contributed by atoms with Crippen molar-refractivity contribution in [1.29, 1.82) is 0 Å². The zero-order valence-corrected chi connectivity index (χ0v) is 12.4. The van der Waals surface area contributed by atoms with E-state index in [0.29, 0.717) is 5.92 Å². The summed E-state index contributed by atoms with van der Waals surface area (Å²) in [5.41, 5.74) is 2.45. The van der Waals surface area contributed by atoms with Gasteiger partial charge in [-0.05, 0) is 37.0 Å². The number of fused-ring (bicyclic) bond motifs is 1. The third-order valence-electron chi connectivity index (χ3n) is 3.70. The van der Waals surface area contributed by atoms with E-state index >= 15 is 0 Å². The molecule has 106 valence electrons. The Morgan fingerprint density at radius 1 is 1.37 bits per heavy atom. The quantitative estimate of drug-likeness (QED) is 0.857. The van der Waals surface area contributed by atoms with Crippen LogP contribution in [0.1, 0.15) is 38.8 Å². The summed E-state index contributed by atoms with van der Waals surface area (Å²) in [5, 5.41) is 12.7. The Hall–Kier alpha value is -1.06. The van der Waals surface area contributed by atoms with E-state index in [1.54, 1.807) is 0 Å². The SMILES string of the molecule is CC(C)[C@@H](CO)NCc1ccc2c(c1)CC(C)(C)O2. The topological polar surface area (TPSA) is 41.5 Å². The maximum Gasteiger partial charge on any atom is 0.123 e. The van der Waals surface area contributed by atoms with Gasteiger partial charge in [0, 0.05) is 19.0 Å². The molecular weight excluding hydrogens is 238 g/mol. The first-order valence-electron chi connectivity index (χ1n) is 7.06. The van der Waals surface area contributed by atoms with Gasteiger partial charge >= 0.3 is 0 Å². The highest BCUT2D eigenvalue weighted by atomic mass is 16.5. The van der Waals surface area contributed by atoms with Crippen LogP contribution in [0.25, 0.3) is 0 Å². The molecule has 1 aliphatic heterocycles. The molecule has 1 atom stereocenters. The molecule has 2 N–H and O–H groups in total. The van der Waals surface area contributed by atoms with Crippen LogP contribution in [0, 0.1) is 5.92 Å². The molecule has 0 bridgehead atoms. The lowest BCUT2D eigenvalue weighted by Gasteiger charge is -2.20. The fourth-order valence-electron chi connectivity index (χ4n) is 2.53. The Balaban J connectivity index is 2.00. The van der Waals surface area contributed by atoms with Gasteiger partial charge in [0.15, 0.2) is 0 Å². The molecule has 19 heavy (non-hydrogen) atoms. The van der Waals surface area contributed by atoms with Gasteiger partial charge in [0.2, 0.25) is 0 Å². The Kier molecular flexibility index (Phi) is 4.16. The molecule has 3 nitrogen and oxygen atoms in total. The van der Waals surface area contributed by atoms with Crippen molar-refractivity contribution in [2.24, 2.45) is 5.92 Å². The smallest absolute Gasteiger partial charge is 0.123 e. The van der Waals surface area contributed by atoms with E-state index in [9.17, 15) is 5.11 Å². The van der Waals surface area contributed by atoms with Crippen molar-refractivity contribution in [3.63, 3.8) is 0 Å². The third kappa shape index (κ3) is 3.48. The molecule has 0 saturated carbocycles. The molecular formula is C16H25NO2. The number of aliphatic hydroxyl groups is 1. The zero-order chi connectivity index (χ0) is 14.0. The lowest BCUT2D eigenvalue weighted by Crippen LogP contribution is -2.36. The van der Waals surface area contributed by atoms with Crippen LogP contribution in [0.4, 0.5) is 0 Å². The van der Waals surface area contributed by atoms with Gasteiger partial charge in [0.05, 0.1) is 6.61 Å². The summed E-state index contributed by atoms with van der Waals surface area (Å²) in [6, 6.07) is 6.53. The average molecular weight is 263 g/mol. The van der Waals surface area contributed by atoms with Crippen molar-refractivity contribution < 1.29 is 9.84 Å². The molecule has 1 aromatic carbocycles. The summed E-state index contributed by atoms with van der Waals surface area (Å²) in [6.45, 7) is 9.44. The summed E-state index contributed by atoms with van der Waals surface area (Å²) in [7, 11) is 0. The molecule has 0 fully saturated rings. The second-order valence-electron chi connectivity index (χ2n) is 6.39. The minimum atomic E-state index is -0.0834. The van der Waals surface area contributed by atoms with Crippen molar-refractivity contribution in [2.45, 2.75) is 52.3 Å². The van der Waals surface area contributed by atoms with E-state index in [4.69, 9.17) is 4.74 Å². The summed E-state index contributed by atoms with van der Waals surface area (Å²) < 4.78 is 5.87. The van der Waals surface area contributed by atoms with Gasteiger partial charge in [-0.1, -0.05) is 26.0 Å². The molecule has 0 spiro atoms. The number of aliphatic hydroxyl groups excluding tert-OH is 1. The number of benzene rings is 1. The summed E-state index contributed by atoms with van der Waals surface area (Å²) >= 11 is 0. The first kappa shape index (κ1) is 14.4. The Labute approximate surface area is 116 Å². The molecule has 2 rings (SSSR count). The zero-order valence-electron chi connectivity index (χ0n) is 12.4. The second-order valence-corrected chi connectivity index (χ2v) is 6.39. The van der Waals surface area contributed by atoms with Crippen molar-refractivity contribution in [2.75, 3.05) is 6.61 Å². The first-order valence-corrected chi connectivity index (χ1v) is 7.06. The fourth-order valence-corrected chi connectivity index (χ4v) is 2.53. The van der Waals surface area contributed by atoms with E-state index in [1.165, 1.54) is 11.1 Å². The van der Waals surface area contributed by atoms with Gasteiger partial charge < -0.3 is 15.2 Å². The van der Waals surface area contributed by atoms with Crippen molar-refractivity contribution >= 4 is 0 Å². The highest BCUT2D eigenvalue weighted by Gasteiger charge is 2.29. The van der Waals surface area contributed by atoms with Crippen molar-refractivity contribution in [3.8, 4) is 5.75 Å². The number of hydrogen-bond donors (Lipinski definition) is 2. The Bertz CT molecular complexity index is 440. The fraction of sp³-hybridized carbons (Fsp3) is 0.625. The summed E-state index contributed by atoms with van der Waals surface area (Å²) in [5.74, 6) is 1.44. The lowest BCUT2D eigenvalue weighted by atomic mass is 10.00. The van der Waals surface area contributed by atoms with Crippen LogP contribution in [0.15, 0.2) is 18.2 Å². The monoisotopic (exact) mass is 263 g/mol. The van der Waals surface area contributed by atoms with E-state index in [0.717, 1.165) is 18.7 Å². The van der Waals surface area contributed by atoms with Gasteiger partial charge in [-0.25, -0.2) is 0 Å². The molecule has 0 aromatic heterocycles. The standard InChI is InChI=1S/C16H25NO2/c1-11(2)14(10-18)17-9-12-5-6-15-13(7-12)8-16(3,4)19-15/h5-7,11,14,17-18H,8-10H2,1-4H3/t14-/m1/s1. The second kappa shape index (κ2) is 5.51. The molecule has 0 amide bonds. The molecule has 0 aliphatic carbocycles. The largest absolute Gasteiger partial charge is 0.487 e. The van der Waals surface area contributed by atoms with Crippen LogP contribution in [-0.4, -0.2) is 23.4 Å². The van der Waals surface area contributed by atoms with Crippen LogP contribution in [0.5, 0.6) is 5.75 Å². The maximum absolute atomic E-state index is 9.32. The molecule has 1 aromatic rings. The molecule has 0 radical (unpaired) electrons. The van der Waals surface area contributed by atoms with E-state index in [1.807, 2.05) is 0 Å². The highest BCUT2D eigenvalue weighted by Crippen LogP contribution is 2.35. The van der Waals surface area contributed by atoms with Crippen LogP contribution in [-0.2, 0) is 13.0 Å². The highest BCUT2D eigenvalue weighted by molar-refractivity contribution is 5.41. The number of rotatable bonds is 5. The van der Waals surface area contributed by atoms with Gasteiger partial charge in [-0.2, -0.15) is 0 Å². The number of hydrogen-bond acceptors (Lipinski definition) is 3. The minimum absolute atomic E-state index is 0.0834. The van der Waals surface area contributed by atoms with Crippen LogP contribution < -0.4 is 10.1 Å². The van der Waals surface area contributed by atoms with Crippen molar-refractivity contribution in [1.82, 2.24) is 5.32 Å². The molecule has 3 heteroatoms. The van der Waals surface area contributed by atoms with Crippen LogP contribution in [0.3, 0.4) is 0 Å². The lowest BCUT2D eigenvalue weighted by molar-refractivity contribution is 0.138. The van der Waals surface area contributed by atoms with E-state index < -0.39 is 0 Å². The van der Waals surface area contributed by atoms with Crippen LogP contribution >= 0.6 is 0 Å². The van der Waals surface area contributed by atoms with Gasteiger partial charge in [-0.3, -0.25) is 0 Å². The molecule has 1 aliphatic rings. The Morgan fingerprint density at radius 2 is 2.11 bits per heavy atom. The minimum Gasteiger partial charge on any atom is -0.487 e. The normalized spacial score (nSPS) is 18.2. The first-order chi connectivity index (χ1) is 8.91. The van der Waals surface area contributed by atoms with E-state index in [2.05, 4.69) is 51.2 Å². The van der Waals surface area contributed by atoms with Gasteiger partial charge in [0.1, 0.15) is 11.4 Å². The Morgan fingerprint density at radius 3 is 2.74 bits per heavy atom. The number of nitrogens with one attached hydrogen (secondary N) is 1. The maximum atomic E-state index is 9.32. The summed E-state index contributed by atoms with van der Waals surface area (Å²) in [6.07, 6.45) is 0.962. The molecule has 1 heterocycles. The number of ether oxygens (including phenoxy) is 1. The predicted octanol–water partition coefficient (Wildman–Crippen LogP) is 2.51. The van der Waals surface area contributed by atoms with E-state index in [-0.39, 0.29) is 18.2 Å². The average Bonchev–Trinajstić information content (AvgIpc) is 2.62. The van der Waals surface area contributed by atoms with Crippen LogP contribution in [0.2, 0.25) is 0 Å². The molecule has 0 unspecified atom stereocenters. The predicted molar refractivity (Wildman–Crippen MR) is 77.4 cm³/mol. The summed E-state index contributed by atoms with van der Waals surface area (Å²) in [4.78, 5) is 0.